The normalized spacial score (nSPS) is 9.40. The highest BCUT2D eigenvalue weighted by Gasteiger charge is 1.88. The van der Waals surface area contributed by atoms with E-state index in [-0.39, 0.29) is 5.56 Å². The number of aromatic nitrogens is 1. The molecule has 2 nitrogen and oxygen atoms in total. The number of unbranched alkanes of at least 4 members (excludes halogenated alkanes) is 3. The highest BCUT2D eigenvalue weighted by molar-refractivity contribution is 5.02. The fourth-order valence-electron chi connectivity index (χ4n) is 1.28. The Kier molecular flexibility index (Phi) is 5.32. The van der Waals surface area contributed by atoms with Crippen LogP contribution >= 0.6 is 0 Å². The van der Waals surface area contributed by atoms with Crippen LogP contribution in [0.4, 0.5) is 0 Å². The van der Waals surface area contributed by atoms with Crippen molar-refractivity contribution >= 4 is 0 Å². The molecule has 1 aromatic heterocycles. The topological polar surface area (TPSA) is 22.0 Å². The van der Waals surface area contributed by atoms with Crippen molar-refractivity contribution in [1.29, 1.82) is 0 Å². The van der Waals surface area contributed by atoms with Crippen LogP contribution in [0, 0.1) is 11.8 Å². The molecule has 0 unspecified atom stereocenters. The molecule has 1 aromatic rings. The van der Waals surface area contributed by atoms with E-state index in [1.165, 1.54) is 12.8 Å². The fraction of sp³-hybridized carbons (Fsp3) is 0.462. The van der Waals surface area contributed by atoms with E-state index in [4.69, 9.17) is 0 Å². The van der Waals surface area contributed by atoms with Crippen molar-refractivity contribution < 1.29 is 0 Å². The molecule has 0 saturated heterocycles. The summed E-state index contributed by atoms with van der Waals surface area (Å²) in [6.07, 6.45) is 6.32. The molecule has 0 amide bonds. The van der Waals surface area contributed by atoms with Crippen LogP contribution in [0.5, 0.6) is 0 Å². The molecule has 0 aromatic carbocycles. The Hall–Kier alpha value is -1.49. The van der Waals surface area contributed by atoms with Gasteiger partial charge >= 0.3 is 0 Å². The summed E-state index contributed by atoms with van der Waals surface area (Å²) in [7, 11) is 0. The highest BCUT2D eigenvalue weighted by Crippen LogP contribution is 1.96. The predicted molar refractivity (Wildman–Crippen MR) is 62.6 cm³/mol. The van der Waals surface area contributed by atoms with Crippen molar-refractivity contribution in [2.75, 3.05) is 0 Å². The van der Waals surface area contributed by atoms with Gasteiger partial charge in [0.25, 0.3) is 5.56 Å². The SMILES string of the molecule is CCCCCC#CCn1ccccc1=O. The lowest BCUT2D eigenvalue weighted by Gasteiger charge is -1.96. The Labute approximate surface area is 90.9 Å². The zero-order valence-corrected chi connectivity index (χ0v) is 9.20. The second-order valence-corrected chi connectivity index (χ2v) is 3.48. The summed E-state index contributed by atoms with van der Waals surface area (Å²) in [5.74, 6) is 6.10. The van der Waals surface area contributed by atoms with Gasteiger partial charge in [-0.2, -0.15) is 0 Å². The third-order valence-corrected chi connectivity index (χ3v) is 2.18. The summed E-state index contributed by atoms with van der Waals surface area (Å²) in [6, 6.07) is 5.15. The summed E-state index contributed by atoms with van der Waals surface area (Å²) in [5, 5.41) is 0. The first-order chi connectivity index (χ1) is 7.34. The predicted octanol–water partition coefficient (Wildman–Crippen LogP) is 2.43. The van der Waals surface area contributed by atoms with Gasteiger partial charge in [0.05, 0.1) is 6.54 Å². The standard InChI is InChI=1S/C13H17NO/c1-2-3-4-5-6-8-11-14-12-9-7-10-13(14)15/h7,9-10,12H,2-5,11H2,1H3. The van der Waals surface area contributed by atoms with Crippen LogP contribution in [-0.4, -0.2) is 4.57 Å². The van der Waals surface area contributed by atoms with Gasteiger partial charge < -0.3 is 4.57 Å². The maximum Gasteiger partial charge on any atom is 0.251 e. The van der Waals surface area contributed by atoms with E-state index in [9.17, 15) is 4.79 Å². The molecule has 0 atom stereocenters. The third kappa shape index (κ3) is 4.51. The molecular weight excluding hydrogens is 186 g/mol. The van der Waals surface area contributed by atoms with Crippen LogP contribution in [0.3, 0.4) is 0 Å². The van der Waals surface area contributed by atoms with Gasteiger partial charge in [0.15, 0.2) is 0 Å². The Morgan fingerprint density at radius 1 is 1.27 bits per heavy atom. The fourth-order valence-corrected chi connectivity index (χ4v) is 1.28. The number of rotatable bonds is 4. The molecule has 0 bridgehead atoms. The third-order valence-electron chi connectivity index (χ3n) is 2.18. The van der Waals surface area contributed by atoms with Crippen molar-refractivity contribution in [2.24, 2.45) is 0 Å². The minimum Gasteiger partial charge on any atom is -0.304 e. The van der Waals surface area contributed by atoms with Crippen LogP contribution in [0.1, 0.15) is 32.6 Å². The largest absolute Gasteiger partial charge is 0.304 e. The molecule has 0 saturated carbocycles. The summed E-state index contributed by atoms with van der Waals surface area (Å²) < 4.78 is 1.62. The first-order valence-corrected chi connectivity index (χ1v) is 5.46. The summed E-state index contributed by atoms with van der Waals surface area (Å²) in [6.45, 7) is 2.68. The summed E-state index contributed by atoms with van der Waals surface area (Å²) >= 11 is 0. The molecule has 0 fully saturated rings. The van der Waals surface area contributed by atoms with Crippen molar-refractivity contribution in [3.63, 3.8) is 0 Å². The Morgan fingerprint density at radius 3 is 2.87 bits per heavy atom. The molecular formula is C13H17NO. The number of hydrogen-bond donors (Lipinski definition) is 0. The summed E-state index contributed by atoms with van der Waals surface area (Å²) in [4.78, 5) is 11.3. The minimum atomic E-state index is 0.0142. The second-order valence-electron chi connectivity index (χ2n) is 3.48. The number of hydrogen-bond acceptors (Lipinski definition) is 1. The maximum atomic E-state index is 11.3. The molecule has 1 rings (SSSR count). The smallest absolute Gasteiger partial charge is 0.251 e. The van der Waals surface area contributed by atoms with E-state index in [1.54, 1.807) is 22.9 Å². The minimum absolute atomic E-state index is 0.0142. The van der Waals surface area contributed by atoms with Gasteiger partial charge in [-0.05, 0) is 12.5 Å². The molecule has 0 spiro atoms. The molecule has 1 heterocycles. The number of pyridine rings is 1. The zero-order chi connectivity index (χ0) is 10.9. The van der Waals surface area contributed by atoms with Gasteiger partial charge in [-0.3, -0.25) is 4.79 Å². The van der Waals surface area contributed by atoms with Gasteiger partial charge in [-0.15, -0.1) is 5.92 Å². The van der Waals surface area contributed by atoms with E-state index in [0.29, 0.717) is 6.54 Å². The zero-order valence-electron chi connectivity index (χ0n) is 9.20. The van der Waals surface area contributed by atoms with E-state index < -0.39 is 0 Å². The number of nitrogens with zero attached hydrogens (tertiary/aromatic N) is 1. The van der Waals surface area contributed by atoms with Crippen molar-refractivity contribution in [3.8, 4) is 11.8 Å². The van der Waals surface area contributed by atoms with E-state index >= 15 is 0 Å². The lowest BCUT2D eigenvalue weighted by atomic mass is 10.2. The van der Waals surface area contributed by atoms with Gasteiger partial charge in [0.2, 0.25) is 0 Å². The van der Waals surface area contributed by atoms with Gasteiger partial charge in [0, 0.05) is 18.7 Å². The van der Waals surface area contributed by atoms with Crippen molar-refractivity contribution in [2.45, 2.75) is 39.2 Å². The molecule has 80 valence electrons. The molecule has 0 aliphatic heterocycles. The quantitative estimate of drug-likeness (QED) is 0.544. The lowest BCUT2D eigenvalue weighted by Crippen LogP contribution is -2.16. The molecule has 0 N–H and O–H groups in total. The van der Waals surface area contributed by atoms with Crippen LogP contribution < -0.4 is 5.56 Å². The average molecular weight is 203 g/mol. The maximum absolute atomic E-state index is 11.3. The van der Waals surface area contributed by atoms with Crippen LogP contribution in [0.25, 0.3) is 0 Å². The molecule has 2 heteroatoms. The van der Waals surface area contributed by atoms with Gasteiger partial charge in [-0.1, -0.05) is 31.8 Å². The molecule has 0 aliphatic carbocycles. The van der Waals surface area contributed by atoms with E-state index in [0.717, 1.165) is 12.8 Å². The van der Waals surface area contributed by atoms with Crippen LogP contribution in [0.2, 0.25) is 0 Å². The first kappa shape index (κ1) is 11.6. The monoisotopic (exact) mass is 203 g/mol. The Balaban J connectivity index is 2.37. The molecule has 0 radical (unpaired) electrons. The second kappa shape index (κ2) is 6.89. The average Bonchev–Trinajstić information content (AvgIpc) is 2.25. The summed E-state index contributed by atoms with van der Waals surface area (Å²) in [5.41, 5.74) is 0.0142. The van der Waals surface area contributed by atoms with Gasteiger partial charge in [-0.25, -0.2) is 0 Å². The lowest BCUT2D eigenvalue weighted by molar-refractivity contribution is 0.735. The first-order valence-electron chi connectivity index (χ1n) is 5.46. The van der Waals surface area contributed by atoms with E-state index in [1.807, 2.05) is 6.07 Å². The molecule has 0 aliphatic rings. The van der Waals surface area contributed by atoms with Gasteiger partial charge in [0.1, 0.15) is 0 Å². The van der Waals surface area contributed by atoms with Crippen LogP contribution in [0.15, 0.2) is 29.2 Å². The Morgan fingerprint density at radius 2 is 2.13 bits per heavy atom. The van der Waals surface area contributed by atoms with E-state index in [2.05, 4.69) is 18.8 Å². The highest BCUT2D eigenvalue weighted by atomic mass is 16.1. The van der Waals surface area contributed by atoms with Crippen molar-refractivity contribution in [3.05, 3.63) is 34.7 Å². The van der Waals surface area contributed by atoms with Crippen LogP contribution in [-0.2, 0) is 6.54 Å². The molecule has 15 heavy (non-hydrogen) atoms. The van der Waals surface area contributed by atoms with Crippen molar-refractivity contribution in [1.82, 2.24) is 4.57 Å². The Bertz CT molecular complexity index is 395.